The maximum atomic E-state index is 11.4. The van der Waals surface area contributed by atoms with Crippen LogP contribution < -0.4 is 0 Å². The minimum atomic E-state index is -4.69. The standard InChI is InChI=1S/C7H16O7P2/c8-15(9,10)7(4-2-1-3-5-7)6-14-16(11,12)13/h1-6H2,(H2,8,9,10)(H2,11,12,13). The first kappa shape index (κ1) is 14.3. The summed E-state index contributed by atoms with van der Waals surface area (Å²) in [5.41, 5.74) is 0. The van der Waals surface area contributed by atoms with E-state index in [9.17, 15) is 18.9 Å². The van der Waals surface area contributed by atoms with E-state index in [1.54, 1.807) is 0 Å². The van der Waals surface area contributed by atoms with Gasteiger partial charge in [-0.2, -0.15) is 0 Å². The quantitative estimate of drug-likeness (QED) is 0.563. The lowest BCUT2D eigenvalue weighted by Gasteiger charge is -2.36. The largest absolute Gasteiger partial charge is 0.469 e. The van der Waals surface area contributed by atoms with Crippen LogP contribution in [0.1, 0.15) is 32.1 Å². The molecule has 96 valence electrons. The number of hydrogen-bond donors (Lipinski definition) is 4. The van der Waals surface area contributed by atoms with Gasteiger partial charge in [0.2, 0.25) is 0 Å². The highest BCUT2D eigenvalue weighted by atomic mass is 31.2. The second-order valence-corrected chi connectivity index (χ2v) is 7.37. The molecule has 7 nitrogen and oxygen atoms in total. The topological polar surface area (TPSA) is 124 Å². The van der Waals surface area contributed by atoms with Crippen molar-refractivity contribution in [3.8, 4) is 0 Å². The lowest BCUT2D eigenvalue weighted by Crippen LogP contribution is -2.36. The summed E-state index contributed by atoms with van der Waals surface area (Å²) in [7, 11) is -9.11. The number of hydrogen-bond acceptors (Lipinski definition) is 3. The van der Waals surface area contributed by atoms with Crippen LogP contribution in [-0.2, 0) is 13.7 Å². The molecule has 0 aliphatic heterocycles. The lowest BCUT2D eigenvalue weighted by molar-refractivity contribution is 0.146. The molecule has 1 aliphatic carbocycles. The third kappa shape index (κ3) is 3.64. The number of rotatable bonds is 4. The van der Waals surface area contributed by atoms with Crippen molar-refractivity contribution in [1.29, 1.82) is 0 Å². The van der Waals surface area contributed by atoms with Gasteiger partial charge in [0.05, 0.1) is 11.8 Å². The van der Waals surface area contributed by atoms with Crippen LogP contribution in [0.4, 0.5) is 0 Å². The Morgan fingerprint density at radius 1 is 1.00 bits per heavy atom. The zero-order valence-corrected chi connectivity index (χ0v) is 10.4. The summed E-state index contributed by atoms with van der Waals surface area (Å²) in [6.45, 7) is -0.596. The maximum absolute atomic E-state index is 11.4. The Morgan fingerprint density at radius 3 is 1.88 bits per heavy atom. The maximum Gasteiger partial charge on any atom is 0.469 e. The Hall–Kier alpha value is 0.260. The zero-order chi connectivity index (χ0) is 12.4. The van der Waals surface area contributed by atoms with Gasteiger partial charge in [0.15, 0.2) is 0 Å². The van der Waals surface area contributed by atoms with E-state index in [1.807, 2.05) is 0 Å². The first-order valence-electron chi connectivity index (χ1n) is 4.92. The highest BCUT2D eigenvalue weighted by Gasteiger charge is 2.48. The van der Waals surface area contributed by atoms with Crippen LogP contribution in [-0.4, -0.2) is 31.3 Å². The van der Waals surface area contributed by atoms with Gasteiger partial charge >= 0.3 is 15.4 Å². The van der Waals surface area contributed by atoms with Crippen LogP contribution >= 0.6 is 15.4 Å². The molecule has 0 aromatic carbocycles. The molecule has 0 aromatic rings. The summed E-state index contributed by atoms with van der Waals surface area (Å²) in [6.07, 6.45) is 2.61. The Kier molecular flexibility index (Phi) is 4.35. The van der Waals surface area contributed by atoms with Crippen LogP contribution in [0.3, 0.4) is 0 Å². The molecule has 1 fully saturated rings. The Bertz CT molecular complexity index is 324. The summed E-state index contributed by atoms with van der Waals surface area (Å²) < 4.78 is 26.2. The summed E-state index contributed by atoms with van der Waals surface area (Å²) in [4.78, 5) is 35.7. The highest BCUT2D eigenvalue weighted by Crippen LogP contribution is 2.59. The molecule has 1 saturated carbocycles. The van der Waals surface area contributed by atoms with Crippen molar-refractivity contribution in [3.63, 3.8) is 0 Å². The Labute approximate surface area is 93.2 Å². The first-order chi connectivity index (χ1) is 7.16. The predicted octanol–water partition coefficient (Wildman–Crippen LogP) is 0.976. The van der Waals surface area contributed by atoms with E-state index in [0.29, 0.717) is 12.8 Å². The molecular formula is C7H16O7P2. The van der Waals surface area contributed by atoms with Crippen molar-refractivity contribution in [2.24, 2.45) is 0 Å². The first-order valence-corrected chi connectivity index (χ1v) is 8.06. The second-order valence-electron chi connectivity index (χ2n) is 4.09. The third-order valence-corrected chi connectivity index (χ3v) is 5.18. The SMILES string of the molecule is O=P(O)(O)OCC1(P(=O)(O)O)CCCCC1. The molecule has 0 unspecified atom stereocenters. The fourth-order valence-corrected chi connectivity index (χ4v) is 3.58. The van der Waals surface area contributed by atoms with Gasteiger partial charge in [0.1, 0.15) is 0 Å². The Balaban J connectivity index is 2.80. The van der Waals surface area contributed by atoms with Gasteiger partial charge in [-0.3, -0.25) is 9.09 Å². The van der Waals surface area contributed by atoms with Crippen molar-refractivity contribution in [1.82, 2.24) is 0 Å². The lowest BCUT2D eigenvalue weighted by atomic mass is 9.89. The molecule has 0 aromatic heterocycles. The molecule has 9 heteroatoms. The van der Waals surface area contributed by atoms with Crippen molar-refractivity contribution >= 4 is 15.4 Å². The average Bonchev–Trinajstić information content (AvgIpc) is 2.13. The van der Waals surface area contributed by atoms with Gasteiger partial charge in [0.25, 0.3) is 0 Å². The highest BCUT2D eigenvalue weighted by molar-refractivity contribution is 7.53. The molecule has 0 spiro atoms. The minimum absolute atomic E-state index is 0.233. The van der Waals surface area contributed by atoms with Gasteiger partial charge in [-0.25, -0.2) is 4.57 Å². The molecule has 0 saturated heterocycles. The van der Waals surface area contributed by atoms with Crippen LogP contribution in [0.25, 0.3) is 0 Å². The third-order valence-electron chi connectivity index (χ3n) is 2.90. The molecule has 1 aliphatic rings. The van der Waals surface area contributed by atoms with Crippen molar-refractivity contribution < 1.29 is 33.2 Å². The summed E-state index contributed by atoms with van der Waals surface area (Å²) >= 11 is 0. The number of phosphoric acid groups is 1. The van der Waals surface area contributed by atoms with Gasteiger partial charge in [0, 0.05) is 0 Å². The summed E-state index contributed by atoms with van der Waals surface area (Å²) in [5, 5.41) is -1.42. The molecule has 16 heavy (non-hydrogen) atoms. The fourth-order valence-electron chi connectivity index (χ4n) is 1.93. The molecule has 0 amide bonds. The molecule has 0 heterocycles. The van der Waals surface area contributed by atoms with E-state index in [0.717, 1.165) is 6.42 Å². The van der Waals surface area contributed by atoms with E-state index >= 15 is 0 Å². The molecule has 0 radical (unpaired) electrons. The molecule has 4 N–H and O–H groups in total. The van der Waals surface area contributed by atoms with Crippen molar-refractivity contribution in [2.45, 2.75) is 37.3 Å². The van der Waals surface area contributed by atoms with Crippen molar-refractivity contribution in [2.75, 3.05) is 6.61 Å². The van der Waals surface area contributed by atoms with Crippen LogP contribution in [0.2, 0.25) is 0 Å². The molecule has 0 bridgehead atoms. The van der Waals surface area contributed by atoms with Gasteiger partial charge < -0.3 is 19.6 Å². The van der Waals surface area contributed by atoms with E-state index < -0.39 is 27.2 Å². The predicted molar refractivity (Wildman–Crippen MR) is 55.9 cm³/mol. The van der Waals surface area contributed by atoms with E-state index in [4.69, 9.17) is 9.79 Å². The van der Waals surface area contributed by atoms with Crippen LogP contribution in [0, 0.1) is 0 Å². The molecule has 1 rings (SSSR count). The summed E-state index contributed by atoms with van der Waals surface area (Å²) in [5.74, 6) is 0. The fraction of sp³-hybridized carbons (Fsp3) is 1.00. The Morgan fingerprint density at radius 2 is 1.50 bits per heavy atom. The smallest absolute Gasteiger partial charge is 0.324 e. The van der Waals surface area contributed by atoms with Crippen LogP contribution in [0.5, 0.6) is 0 Å². The van der Waals surface area contributed by atoms with Crippen molar-refractivity contribution in [3.05, 3.63) is 0 Å². The summed E-state index contributed by atoms with van der Waals surface area (Å²) in [6, 6.07) is 0. The zero-order valence-electron chi connectivity index (χ0n) is 8.65. The van der Waals surface area contributed by atoms with E-state index in [2.05, 4.69) is 4.52 Å². The van der Waals surface area contributed by atoms with Gasteiger partial charge in [-0.15, -0.1) is 0 Å². The van der Waals surface area contributed by atoms with Crippen LogP contribution in [0.15, 0.2) is 0 Å². The minimum Gasteiger partial charge on any atom is -0.324 e. The van der Waals surface area contributed by atoms with Gasteiger partial charge in [-0.05, 0) is 12.8 Å². The number of phosphoric ester groups is 1. The van der Waals surface area contributed by atoms with Gasteiger partial charge in [-0.1, -0.05) is 19.3 Å². The molecule has 0 atom stereocenters. The monoisotopic (exact) mass is 274 g/mol. The second kappa shape index (κ2) is 4.86. The van der Waals surface area contributed by atoms with E-state index in [1.165, 1.54) is 0 Å². The molecular weight excluding hydrogens is 258 g/mol. The average molecular weight is 274 g/mol. The van der Waals surface area contributed by atoms with E-state index in [-0.39, 0.29) is 12.8 Å². The normalized spacial score (nSPS) is 22.0.